The summed E-state index contributed by atoms with van der Waals surface area (Å²) in [5.41, 5.74) is 5.30. The molecule has 0 aromatic carbocycles. The normalized spacial score (nSPS) is 39.3. The minimum atomic E-state index is -0.755. The van der Waals surface area contributed by atoms with E-state index in [1.807, 2.05) is 0 Å². The zero-order valence-electron chi connectivity index (χ0n) is 5.40. The summed E-state index contributed by atoms with van der Waals surface area (Å²) in [7, 11) is 0. The van der Waals surface area contributed by atoms with Crippen molar-refractivity contribution in [3.63, 3.8) is 0 Å². The van der Waals surface area contributed by atoms with Gasteiger partial charge in [0.2, 0.25) is 0 Å². The summed E-state index contributed by atoms with van der Waals surface area (Å²) >= 11 is 0. The van der Waals surface area contributed by atoms with Crippen LogP contribution in [0.2, 0.25) is 0 Å². The quantitative estimate of drug-likeness (QED) is 0.478. The molecule has 4 N–H and O–H groups in total. The fourth-order valence-electron chi connectivity index (χ4n) is 0.752. The van der Waals surface area contributed by atoms with Gasteiger partial charge in [-0.05, 0) is 0 Å². The smallest absolute Gasteiger partial charge is 0.0725 e. The Labute approximate surface area is 83.1 Å². The predicted octanol–water partition coefficient (Wildman–Crippen LogP) is -1.77. The van der Waals surface area contributed by atoms with E-state index in [1.165, 1.54) is 6.61 Å². The van der Waals surface area contributed by atoms with Gasteiger partial charge in [-0.1, -0.05) is 6.04 Å². The van der Waals surface area contributed by atoms with Gasteiger partial charge in [-0.15, -0.1) is 0 Å². The Hall–Kier alpha value is 0.892. The number of nitrogens with two attached hydrogens (primary N) is 1. The summed E-state index contributed by atoms with van der Waals surface area (Å²) < 4.78 is 4.78. The average molecular weight is 370 g/mol. The van der Waals surface area contributed by atoms with Crippen molar-refractivity contribution in [1.82, 2.24) is 0 Å². The second-order valence-corrected chi connectivity index (χ2v) is 2.06. The Bertz CT molecular complexity index is 103. The van der Waals surface area contributed by atoms with E-state index in [1.54, 1.807) is 0 Å². The number of hydrogen-bond acceptors (Lipinski definition) is 4. The van der Waals surface area contributed by atoms with Crippen molar-refractivity contribution in [1.29, 1.82) is 0 Å². The fraction of sp³-hybridized carbons (Fsp3) is 0.800. The summed E-state index contributed by atoms with van der Waals surface area (Å²) in [6.45, 7) is 1.15. The Kier molecular flexibility index (Phi) is 5.13. The van der Waals surface area contributed by atoms with E-state index in [9.17, 15) is 0 Å². The van der Waals surface area contributed by atoms with Crippen LogP contribution in [0.1, 0.15) is 0 Å². The first-order valence-electron chi connectivity index (χ1n) is 2.79. The summed E-state index contributed by atoms with van der Waals surface area (Å²) in [5.74, 6) is 0. The van der Waals surface area contributed by atoms with Gasteiger partial charge in [0.05, 0.1) is 18.8 Å². The van der Waals surface area contributed by atoms with Crippen LogP contribution in [0.4, 0.5) is 0 Å². The molecule has 0 aromatic rings. The zero-order chi connectivity index (χ0) is 6.85. The molecule has 0 aliphatic carbocycles. The molecule has 1 heterocycles. The average Bonchev–Trinajstić information content (AvgIpc) is 2.15. The van der Waals surface area contributed by atoms with Crippen LogP contribution in [0.3, 0.4) is 0 Å². The molecular weight excluding hydrogens is 360 g/mol. The van der Waals surface area contributed by atoms with Crippen LogP contribution in [0.15, 0.2) is 0 Å². The molecule has 1 fully saturated rings. The fourth-order valence-corrected chi connectivity index (χ4v) is 0.752. The maximum absolute atomic E-state index is 9.02. The molecule has 0 spiro atoms. The predicted molar refractivity (Wildman–Crippen MR) is 30.2 cm³/mol. The number of hydrogen-bond donors (Lipinski definition) is 3. The Morgan fingerprint density at radius 3 is 2.40 bits per heavy atom. The monoisotopic (exact) mass is 370 g/mol. The minimum absolute atomic E-state index is 0. The maximum Gasteiger partial charge on any atom is 0.0725 e. The van der Waals surface area contributed by atoms with Crippen molar-refractivity contribution < 1.29 is 46.1 Å². The van der Waals surface area contributed by atoms with E-state index in [-0.39, 0.29) is 37.7 Å². The van der Waals surface area contributed by atoms with Crippen LogP contribution in [-0.2, 0) is 4.74 Å². The van der Waals surface area contributed by atoms with Gasteiger partial charge in [0.1, 0.15) is 0 Å². The second-order valence-electron chi connectivity index (χ2n) is 2.06. The minimum Gasteiger partial charge on any atom is -0.545 e. The maximum atomic E-state index is 9.02. The first-order valence-corrected chi connectivity index (χ1v) is 2.79. The molecule has 0 amide bonds. The van der Waals surface area contributed by atoms with Crippen LogP contribution < -0.4 is 5.73 Å². The molecule has 10 heavy (non-hydrogen) atoms. The van der Waals surface area contributed by atoms with Gasteiger partial charge in [0, 0.05) is 31.1 Å². The Morgan fingerprint density at radius 1 is 1.60 bits per heavy atom. The summed E-state index contributed by atoms with van der Waals surface area (Å²) in [4.78, 5) is 0. The molecule has 58 valence electrons. The molecule has 3 atom stereocenters. The molecule has 1 unspecified atom stereocenters. The summed E-state index contributed by atoms with van der Waals surface area (Å²) in [5, 5.41) is 17.5. The Morgan fingerprint density at radius 2 is 2.20 bits per heavy atom. The third-order valence-electron chi connectivity index (χ3n) is 1.37. The number of aliphatic hydroxyl groups excluding tert-OH is 2. The third kappa shape index (κ3) is 2.19. The van der Waals surface area contributed by atoms with Crippen LogP contribution >= 0.6 is 0 Å². The number of rotatable bonds is 1. The van der Waals surface area contributed by atoms with Crippen LogP contribution in [0.5, 0.6) is 0 Å². The topological polar surface area (TPSA) is 75.7 Å². The molecular formula is C5H10NO3U-. The van der Waals surface area contributed by atoms with Crippen molar-refractivity contribution in [3.8, 4) is 0 Å². The number of aliphatic hydroxyl groups is 2. The van der Waals surface area contributed by atoms with Gasteiger partial charge in [-0.25, -0.2) is 0 Å². The van der Waals surface area contributed by atoms with Crippen LogP contribution in [0.25, 0.3) is 0 Å². The van der Waals surface area contributed by atoms with Crippen molar-refractivity contribution in [3.05, 3.63) is 6.61 Å². The largest absolute Gasteiger partial charge is 0.545 e. The van der Waals surface area contributed by atoms with Gasteiger partial charge in [-0.3, -0.25) is 0 Å². The molecule has 4 nitrogen and oxygen atoms in total. The standard InChI is InChI=1S/C5H10NO3.U/c6-3-2-9-4(1-7)5(3)8;/h2-5,7-8H,1,6H2;/q-1;/t3?,4-,5-;/m1./s1. The summed E-state index contributed by atoms with van der Waals surface area (Å²) in [6, 6.07) is -0.456. The molecule has 1 aliphatic rings. The van der Waals surface area contributed by atoms with Crippen molar-refractivity contribution >= 4 is 0 Å². The van der Waals surface area contributed by atoms with Gasteiger partial charge in [0.25, 0.3) is 0 Å². The molecule has 0 aromatic heterocycles. The SMILES string of the molecule is NC1[CH-]O[C@H](CO)[C@@H]1O.[U]. The van der Waals surface area contributed by atoms with Gasteiger partial charge in [-0.2, -0.15) is 6.61 Å². The summed E-state index contributed by atoms with van der Waals surface area (Å²) in [6.07, 6.45) is -1.28. The van der Waals surface area contributed by atoms with E-state index in [0.717, 1.165) is 0 Å². The van der Waals surface area contributed by atoms with E-state index >= 15 is 0 Å². The van der Waals surface area contributed by atoms with Crippen molar-refractivity contribution in [2.45, 2.75) is 18.2 Å². The molecule has 1 rings (SSSR count). The molecule has 0 bridgehead atoms. The van der Waals surface area contributed by atoms with Gasteiger partial charge < -0.3 is 20.7 Å². The van der Waals surface area contributed by atoms with Crippen molar-refractivity contribution in [2.24, 2.45) is 5.73 Å². The van der Waals surface area contributed by atoms with Gasteiger partial charge in [0.15, 0.2) is 0 Å². The molecule has 1 aliphatic heterocycles. The van der Waals surface area contributed by atoms with Crippen LogP contribution in [-0.4, -0.2) is 35.1 Å². The second kappa shape index (κ2) is 4.71. The van der Waals surface area contributed by atoms with E-state index in [2.05, 4.69) is 0 Å². The van der Waals surface area contributed by atoms with Crippen molar-refractivity contribution in [2.75, 3.05) is 6.61 Å². The zero-order valence-corrected chi connectivity index (χ0v) is 9.56. The molecule has 1 saturated heterocycles. The van der Waals surface area contributed by atoms with Crippen LogP contribution in [0, 0.1) is 37.7 Å². The third-order valence-corrected chi connectivity index (χ3v) is 1.37. The number of ether oxygens (including phenoxy) is 1. The first kappa shape index (κ1) is 10.9. The first-order chi connectivity index (χ1) is 4.25. The molecule has 0 radical (unpaired) electrons. The Balaban J connectivity index is 0.000000810. The van der Waals surface area contributed by atoms with E-state index in [4.69, 9.17) is 20.7 Å². The molecule has 5 heteroatoms. The van der Waals surface area contributed by atoms with Gasteiger partial charge >= 0.3 is 0 Å². The van der Waals surface area contributed by atoms with E-state index < -0.39 is 18.2 Å². The molecule has 0 saturated carbocycles. The van der Waals surface area contributed by atoms with E-state index in [0.29, 0.717) is 0 Å².